The first kappa shape index (κ1) is 19.7. The molecule has 0 spiro atoms. The monoisotopic (exact) mass is 381 g/mol. The summed E-state index contributed by atoms with van der Waals surface area (Å²) in [6, 6.07) is 7.17. The molecular formula is C18H24ClN3O2S. The minimum Gasteiger partial charge on any atom is -0.486 e. The van der Waals surface area contributed by atoms with Crippen LogP contribution in [-0.4, -0.2) is 23.0 Å². The zero-order chi connectivity index (χ0) is 18.4. The van der Waals surface area contributed by atoms with Crippen molar-refractivity contribution in [3.8, 4) is 5.75 Å². The minimum absolute atomic E-state index is 0.0721. The van der Waals surface area contributed by atoms with Crippen LogP contribution in [0.25, 0.3) is 0 Å². The number of halogens is 1. The highest BCUT2D eigenvalue weighted by Crippen LogP contribution is 2.19. The number of thiazole rings is 1. The standard InChI is InChI=1S/C18H24ClN3O2S/c1-12(2)18(3,11-20)22-16(23)8-14-10-25-17(21-14)9-24-15-6-4-13(19)5-7-15/h4-7,10,12H,8-9,11,20H2,1-3H3,(H,22,23). The van der Waals surface area contributed by atoms with Crippen LogP contribution in [0, 0.1) is 5.92 Å². The smallest absolute Gasteiger partial charge is 0.226 e. The maximum atomic E-state index is 12.3. The second-order valence-electron chi connectivity index (χ2n) is 6.48. The summed E-state index contributed by atoms with van der Waals surface area (Å²) in [6.07, 6.45) is 0.236. The molecule has 0 saturated carbocycles. The van der Waals surface area contributed by atoms with E-state index in [2.05, 4.69) is 10.3 Å². The summed E-state index contributed by atoms with van der Waals surface area (Å²) < 4.78 is 5.67. The molecule has 1 aromatic carbocycles. The predicted molar refractivity (Wildman–Crippen MR) is 102 cm³/mol. The fourth-order valence-electron chi connectivity index (χ4n) is 2.13. The largest absolute Gasteiger partial charge is 0.486 e. The van der Waals surface area contributed by atoms with Crippen LogP contribution in [0.2, 0.25) is 5.02 Å². The molecule has 1 amide bonds. The van der Waals surface area contributed by atoms with Gasteiger partial charge in [-0.25, -0.2) is 4.98 Å². The van der Waals surface area contributed by atoms with Gasteiger partial charge in [-0.2, -0.15) is 0 Å². The summed E-state index contributed by atoms with van der Waals surface area (Å²) in [5.41, 5.74) is 6.13. The lowest BCUT2D eigenvalue weighted by Gasteiger charge is -2.33. The normalized spacial score (nSPS) is 13.5. The third-order valence-corrected chi connectivity index (χ3v) is 5.36. The number of carbonyl (C=O) groups excluding carboxylic acids is 1. The van der Waals surface area contributed by atoms with Crippen LogP contribution in [-0.2, 0) is 17.8 Å². The van der Waals surface area contributed by atoms with Gasteiger partial charge in [0.2, 0.25) is 5.91 Å². The van der Waals surface area contributed by atoms with Crippen molar-refractivity contribution in [1.82, 2.24) is 10.3 Å². The first-order valence-electron chi connectivity index (χ1n) is 8.15. The van der Waals surface area contributed by atoms with Crippen LogP contribution in [0.1, 0.15) is 31.5 Å². The van der Waals surface area contributed by atoms with Crippen molar-refractivity contribution < 1.29 is 9.53 Å². The van der Waals surface area contributed by atoms with Crippen LogP contribution in [0.4, 0.5) is 0 Å². The SMILES string of the molecule is CC(C)C(C)(CN)NC(=O)Cc1csc(COc2ccc(Cl)cc2)n1. The molecule has 0 aliphatic heterocycles. The number of carbonyl (C=O) groups is 1. The number of rotatable bonds is 8. The molecule has 136 valence electrons. The molecule has 2 rings (SSSR count). The van der Waals surface area contributed by atoms with Crippen LogP contribution < -0.4 is 15.8 Å². The van der Waals surface area contributed by atoms with E-state index in [1.165, 1.54) is 11.3 Å². The van der Waals surface area contributed by atoms with E-state index in [1.54, 1.807) is 12.1 Å². The lowest BCUT2D eigenvalue weighted by atomic mass is 9.88. The lowest BCUT2D eigenvalue weighted by Crippen LogP contribution is -2.55. The molecule has 1 unspecified atom stereocenters. The summed E-state index contributed by atoms with van der Waals surface area (Å²) in [4.78, 5) is 16.7. The van der Waals surface area contributed by atoms with Crippen LogP contribution >= 0.6 is 22.9 Å². The Labute approximate surface area is 157 Å². The quantitative estimate of drug-likeness (QED) is 0.734. The van der Waals surface area contributed by atoms with Gasteiger partial charge in [0.15, 0.2) is 0 Å². The number of hydrogen-bond acceptors (Lipinski definition) is 5. The predicted octanol–water partition coefficient (Wildman–Crippen LogP) is 3.41. The van der Waals surface area contributed by atoms with Gasteiger partial charge in [0.1, 0.15) is 17.4 Å². The van der Waals surface area contributed by atoms with Crippen molar-refractivity contribution >= 4 is 28.8 Å². The summed E-state index contributed by atoms with van der Waals surface area (Å²) in [5.74, 6) is 0.909. The van der Waals surface area contributed by atoms with Crippen molar-refractivity contribution in [3.05, 3.63) is 45.4 Å². The van der Waals surface area contributed by atoms with Crippen LogP contribution in [0.5, 0.6) is 5.75 Å². The van der Waals surface area contributed by atoms with Crippen LogP contribution in [0.3, 0.4) is 0 Å². The topological polar surface area (TPSA) is 77.2 Å². The van der Waals surface area contributed by atoms with Gasteiger partial charge in [-0.05, 0) is 37.1 Å². The van der Waals surface area contributed by atoms with Gasteiger partial charge in [0.05, 0.1) is 17.7 Å². The molecule has 0 fully saturated rings. The third-order valence-electron chi connectivity index (χ3n) is 4.24. The first-order chi connectivity index (χ1) is 11.8. The molecule has 25 heavy (non-hydrogen) atoms. The molecule has 1 atom stereocenters. The van der Waals surface area contributed by atoms with Gasteiger partial charge in [0, 0.05) is 16.9 Å². The molecule has 3 N–H and O–H groups in total. The van der Waals surface area contributed by atoms with E-state index in [1.807, 2.05) is 38.3 Å². The highest BCUT2D eigenvalue weighted by Gasteiger charge is 2.28. The van der Waals surface area contributed by atoms with Crippen molar-refractivity contribution in [2.24, 2.45) is 11.7 Å². The summed E-state index contributed by atoms with van der Waals surface area (Å²) in [5, 5.41) is 6.39. The first-order valence-corrected chi connectivity index (χ1v) is 9.41. The molecule has 1 heterocycles. The molecule has 7 heteroatoms. The van der Waals surface area contributed by atoms with Gasteiger partial charge < -0.3 is 15.8 Å². The molecule has 5 nitrogen and oxygen atoms in total. The molecular weight excluding hydrogens is 358 g/mol. The zero-order valence-electron chi connectivity index (χ0n) is 14.7. The number of aromatic nitrogens is 1. The summed E-state index contributed by atoms with van der Waals surface area (Å²) in [7, 11) is 0. The Kier molecular flexibility index (Phi) is 6.81. The Hall–Kier alpha value is -1.63. The second-order valence-corrected chi connectivity index (χ2v) is 7.86. The fraction of sp³-hybridized carbons (Fsp3) is 0.444. The maximum absolute atomic E-state index is 12.3. The number of hydrogen-bond donors (Lipinski definition) is 2. The highest BCUT2D eigenvalue weighted by atomic mass is 35.5. The number of amides is 1. The van der Waals surface area contributed by atoms with Crippen molar-refractivity contribution in [3.63, 3.8) is 0 Å². The minimum atomic E-state index is -0.409. The van der Waals surface area contributed by atoms with Crippen molar-refractivity contribution in [2.45, 2.75) is 39.3 Å². The Balaban J connectivity index is 1.88. The molecule has 0 bridgehead atoms. The van der Waals surface area contributed by atoms with E-state index in [0.717, 1.165) is 16.5 Å². The van der Waals surface area contributed by atoms with Crippen LogP contribution in [0.15, 0.2) is 29.6 Å². The Morgan fingerprint density at radius 3 is 2.68 bits per heavy atom. The van der Waals surface area contributed by atoms with E-state index in [9.17, 15) is 4.79 Å². The second kappa shape index (κ2) is 8.65. The Morgan fingerprint density at radius 1 is 1.40 bits per heavy atom. The van der Waals surface area contributed by atoms with Gasteiger partial charge in [0.25, 0.3) is 0 Å². The fourth-order valence-corrected chi connectivity index (χ4v) is 2.96. The molecule has 1 aromatic heterocycles. The molecule has 0 radical (unpaired) electrons. The lowest BCUT2D eigenvalue weighted by molar-refractivity contribution is -0.122. The van der Waals surface area contributed by atoms with Crippen molar-refractivity contribution in [1.29, 1.82) is 0 Å². The molecule has 0 saturated heterocycles. The maximum Gasteiger partial charge on any atom is 0.226 e. The van der Waals surface area contributed by atoms with E-state index in [-0.39, 0.29) is 18.2 Å². The number of nitrogens with one attached hydrogen (secondary N) is 1. The summed E-state index contributed by atoms with van der Waals surface area (Å²) >= 11 is 7.32. The summed E-state index contributed by atoms with van der Waals surface area (Å²) in [6.45, 7) is 6.81. The van der Waals surface area contributed by atoms with Crippen molar-refractivity contribution in [2.75, 3.05) is 6.54 Å². The Bertz CT molecular complexity index is 703. The molecule has 0 aliphatic carbocycles. The zero-order valence-corrected chi connectivity index (χ0v) is 16.3. The third kappa shape index (κ3) is 5.70. The van der Waals surface area contributed by atoms with Gasteiger partial charge in [-0.3, -0.25) is 4.79 Å². The average molecular weight is 382 g/mol. The molecule has 0 aliphatic rings. The molecule has 2 aromatic rings. The van der Waals surface area contributed by atoms with Gasteiger partial charge in [-0.15, -0.1) is 11.3 Å². The number of ether oxygens (including phenoxy) is 1. The van der Waals surface area contributed by atoms with Gasteiger partial charge >= 0.3 is 0 Å². The average Bonchev–Trinajstić information content (AvgIpc) is 3.01. The van der Waals surface area contributed by atoms with E-state index < -0.39 is 5.54 Å². The Morgan fingerprint density at radius 2 is 2.08 bits per heavy atom. The number of nitrogens with zero attached hydrogens (tertiary/aromatic N) is 1. The van der Waals surface area contributed by atoms with E-state index in [0.29, 0.717) is 18.2 Å². The van der Waals surface area contributed by atoms with E-state index in [4.69, 9.17) is 22.1 Å². The highest BCUT2D eigenvalue weighted by molar-refractivity contribution is 7.09. The number of benzene rings is 1. The van der Waals surface area contributed by atoms with E-state index >= 15 is 0 Å². The number of nitrogens with two attached hydrogens (primary N) is 1. The van der Waals surface area contributed by atoms with Gasteiger partial charge in [-0.1, -0.05) is 25.4 Å².